The Labute approximate surface area is 114 Å². The first-order valence-electron chi connectivity index (χ1n) is 7.39. The second-order valence-corrected chi connectivity index (χ2v) is 7.35. The zero-order valence-electron chi connectivity index (χ0n) is 11.6. The average Bonchev–Trinajstić information content (AvgIpc) is 2.37. The van der Waals surface area contributed by atoms with E-state index in [0.717, 1.165) is 24.5 Å². The van der Waals surface area contributed by atoms with Crippen molar-refractivity contribution in [3.05, 3.63) is 11.8 Å². The second kappa shape index (κ2) is 6.74. The summed E-state index contributed by atoms with van der Waals surface area (Å²) in [5.74, 6) is 1.84. The van der Waals surface area contributed by atoms with E-state index < -0.39 is 10.8 Å². The van der Waals surface area contributed by atoms with Gasteiger partial charge in [0.2, 0.25) is 0 Å². The molecule has 0 unspecified atom stereocenters. The maximum absolute atomic E-state index is 11.2. The summed E-state index contributed by atoms with van der Waals surface area (Å²) < 4.78 is 16.9. The van der Waals surface area contributed by atoms with Crippen LogP contribution in [-0.4, -0.2) is 22.3 Å². The third-order valence-corrected chi connectivity index (χ3v) is 6.27. The van der Waals surface area contributed by atoms with E-state index in [0.29, 0.717) is 5.41 Å². The Hall–Kier alpha value is -0.310. The highest BCUT2D eigenvalue weighted by Crippen LogP contribution is 2.38. The third-order valence-electron chi connectivity index (χ3n) is 4.40. The molecule has 2 rings (SSSR count). The van der Waals surface area contributed by atoms with Crippen LogP contribution in [-0.2, 0) is 15.5 Å². The van der Waals surface area contributed by atoms with Gasteiger partial charge in [-0.3, -0.25) is 4.21 Å². The molecule has 1 saturated carbocycles. The number of rotatable bonds is 6. The molecule has 0 spiro atoms. The lowest BCUT2D eigenvalue weighted by atomic mass is 9.84. The largest absolute Gasteiger partial charge is 0.501 e. The minimum atomic E-state index is -0.525. The molecule has 104 valence electrons. The average molecular weight is 270 g/mol. The lowest BCUT2D eigenvalue weighted by Crippen LogP contribution is -2.44. The van der Waals surface area contributed by atoms with Crippen LogP contribution in [0.3, 0.4) is 0 Å². The molecule has 0 amide bonds. The van der Waals surface area contributed by atoms with Gasteiger partial charge in [0.1, 0.15) is 0 Å². The number of hydrogen-bond acceptors (Lipinski definition) is 2. The second-order valence-electron chi connectivity index (χ2n) is 5.89. The van der Waals surface area contributed by atoms with Gasteiger partial charge in [-0.25, -0.2) is 0 Å². The molecule has 2 aliphatic rings. The van der Waals surface area contributed by atoms with Crippen LogP contribution in [0, 0.1) is 5.41 Å². The number of hydrogen-bond donors (Lipinski definition) is 0. The molecule has 0 N–H and O–H groups in total. The Kier molecular flexibility index (Phi) is 5.28. The predicted molar refractivity (Wildman–Crippen MR) is 77.0 cm³/mol. The molecule has 0 radical (unpaired) electrons. The van der Waals surface area contributed by atoms with E-state index in [2.05, 4.69) is 6.92 Å². The first-order chi connectivity index (χ1) is 8.74. The molecule has 1 aliphatic heterocycles. The zero-order chi connectivity index (χ0) is 12.8. The Bertz CT molecular complexity index is 306. The van der Waals surface area contributed by atoms with Gasteiger partial charge in [0, 0.05) is 22.3 Å². The van der Waals surface area contributed by atoms with Gasteiger partial charge in [-0.05, 0) is 55.9 Å². The van der Waals surface area contributed by atoms with Gasteiger partial charge in [0.25, 0.3) is 0 Å². The van der Waals surface area contributed by atoms with Crippen LogP contribution in [0.5, 0.6) is 0 Å². The highest BCUT2D eigenvalue weighted by Gasteiger charge is 2.40. The molecule has 1 heterocycles. The highest BCUT2D eigenvalue weighted by atomic mass is 32.2. The Morgan fingerprint density at radius 3 is 2.61 bits per heavy atom. The van der Waals surface area contributed by atoms with Gasteiger partial charge >= 0.3 is 0 Å². The van der Waals surface area contributed by atoms with Gasteiger partial charge in [0.15, 0.2) is 0 Å². The van der Waals surface area contributed by atoms with Gasteiger partial charge in [-0.2, -0.15) is 0 Å². The summed E-state index contributed by atoms with van der Waals surface area (Å²) >= 11 is 0. The van der Waals surface area contributed by atoms with Gasteiger partial charge in [-0.15, -0.1) is 0 Å². The van der Waals surface area contributed by atoms with Crippen molar-refractivity contribution in [2.75, 3.05) is 18.1 Å². The molecule has 0 aromatic carbocycles. The van der Waals surface area contributed by atoms with Gasteiger partial charge < -0.3 is 4.74 Å². The molecule has 1 saturated heterocycles. The summed E-state index contributed by atoms with van der Waals surface area (Å²) in [4.78, 5) is 0. The Morgan fingerprint density at radius 1 is 1.28 bits per heavy atom. The SMILES string of the molecule is CCC1(CCCOC=C2CCCCC2)CS(=O)C1. The lowest BCUT2D eigenvalue weighted by molar-refractivity contribution is 0.205. The van der Waals surface area contributed by atoms with Gasteiger partial charge in [-0.1, -0.05) is 13.3 Å². The summed E-state index contributed by atoms with van der Waals surface area (Å²) in [5, 5.41) is 0. The van der Waals surface area contributed by atoms with Crippen LogP contribution in [0.15, 0.2) is 11.8 Å². The van der Waals surface area contributed by atoms with Crippen LogP contribution in [0.2, 0.25) is 0 Å². The predicted octanol–water partition coefficient (Wildman–Crippen LogP) is 3.79. The molecule has 1 aliphatic carbocycles. The van der Waals surface area contributed by atoms with E-state index in [1.54, 1.807) is 0 Å². The summed E-state index contributed by atoms with van der Waals surface area (Å²) in [6.07, 6.45) is 12.0. The molecular formula is C15H26O2S. The molecule has 3 heteroatoms. The molecule has 2 nitrogen and oxygen atoms in total. The first kappa shape index (κ1) is 14.1. The fourth-order valence-corrected chi connectivity index (χ4v) is 4.98. The maximum atomic E-state index is 11.2. The molecule has 0 aromatic rings. The monoisotopic (exact) mass is 270 g/mol. The van der Waals surface area contributed by atoms with Crippen molar-refractivity contribution >= 4 is 10.8 Å². The third kappa shape index (κ3) is 3.84. The minimum absolute atomic E-state index is 0.381. The number of ether oxygens (including phenoxy) is 1. The van der Waals surface area contributed by atoms with Crippen molar-refractivity contribution in [3.63, 3.8) is 0 Å². The van der Waals surface area contributed by atoms with E-state index in [4.69, 9.17) is 4.74 Å². The Balaban J connectivity index is 1.59. The van der Waals surface area contributed by atoms with Crippen molar-refractivity contribution in [1.82, 2.24) is 0 Å². The van der Waals surface area contributed by atoms with E-state index in [9.17, 15) is 4.21 Å². The van der Waals surface area contributed by atoms with Crippen molar-refractivity contribution < 1.29 is 8.95 Å². The molecule has 18 heavy (non-hydrogen) atoms. The van der Waals surface area contributed by atoms with Crippen molar-refractivity contribution in [2.45, 2.75) is 58.3 Å². The zero-order valence-corrected chi connectivity index (χ0v) is 12.4. The van der Waals surface area contributed by atoms with Crippen molar-refractivity contribution in [1.29, 1.82) is 0 Å². The normalized spacial score (nSPS) is 31.8. The molecular weight excluding hydrogens is 244 g/mol. The van der Waals surface area contributed by atoms with Crippen molar-refractivity contribution in [3.8, 4) is 0 Å². The van der Waals surface area contributed by atoms with Crippen LogP contribution in [0.4, 0.5) is 0 Å². The maximum Gasteiger partial charge on any atom is 0.0873 e. The lowest BCUT2D eigenvalue weighted by Gasteiger charge is -2.40. The summed E-state index contributed by atoms with van der Waals surface area (Å²) in [6.45, 7) is 3.05. The van der Waals surface area contributed by atoms with Crippen LogP contribution in [0.1, 0.15) is 58.3 Å². The summed E-state index contributed by atoms with van der Waals surface area (Å²) in [7, 11) is -0.525. The fourth-order valence-electron chi connectivity index (χ4n) is 3.00. The topological polar surface area (TPSA) is 26.3 Å². The molecule has 0 aromatic heterocycles. The van der Waals surface area contributed by atoms with Crippen LogP contribution >= 0.6 is 0 Å². The standard InChI is InChI=1S/C15H26O2S/c1-2-15(12-18(16)13-15)9-6-10-17-11-14-7-4-3-5-8-14/h11H,2-10,12-13H2,1H3. The summed E-state index contributed by atoms with van der Waals surface area (Å²) in [6, 6.07) is 0. The van der Waals surface area contributed by atoms with Crippen LogP contribution in [0.25, 0.3) is 0 Å². The van der Waals surface area contributed by atoms with Gasteiger partial charge in [0.05, 0.1) is 12.9 Å². The van der Waals surface area contributed by atoms with E-state index in [1.165, 1.54) is 50.5 Å². The molecule has 0 bridgehead atoms. The summed E-state index contributed by atoms with van der Waals surface area (Å²) in [5.41, 5.74) is 1.88. The molecule has 0 atom stereocenters. The van der Waals surface area contributed by atoms with E-state index >= 15 is 0 Å². The Morgan fingerprint density at radius 2 is 2.00 bits per heavy atom. The molecule has 2 fully saturated rings. The smallest absolute Gasteiger partial charge is 0.0873 e. The number of allylic oxidation sites excluding steroid dienone is 1. The van der Waals surface area contributed by atoms with Crippen LogP contribution < -0.4 is 0 Å². The quantitative estimate of drug-likeness (QED) is 0.542. The minimum Gasteiger partial charge on any atom is -0.501 e. The first-order valence-corrected chi connectivity index (χ1v) is 8.87. The van der Waals surface area contributed by atoms with Crippen molar-refractivity contribution in [2.24, 2.45) is 5.41 Å². The van der Waals surface area contributed by atoms with E-state index in [1.807, 2.05) is 6.26 Å². The van der Waals surface area contributed by atoms with E-state index in [-0.39, 0.29) is 0 Å². The fraction of sp³-hybridized carbons (Fsp3) is 0.867. The highest BCUT2D eigenvalue weighted by molar-refractivity contribution is 7.86.